The summed E-state index contributed by atoms with van der Waals surface area (Å²) in [6.45, 7) is 9.25. The molecule has 13 heavy (non-hydrogen) atoms. The van der Waals surface area contributed by atoms with Gasteiger partial charge in [-0.15, -0.1) is 0 Å². The molecule has 0 bridgehead atoms. The molecule has 0 aliphatic heterocycles. The first-order chi connectivity index (χ1) is 6.11. The monoisotopic (exact) mass is 181 g/mol. The largest absolute Gasteiger partial charge is 0.324 e. The molecule has 1 atom stereocenters. The van der Waals surface area contributed by atoms with Gasteiger partial charge in [-0.1, -0.05) is 6.92 Å². The third-order valence-corrected chi connectivity index (χ3v) is 2.55. The summed E-state index contributed by atoms with van der Waals surface area (Å²) >= 11 is 0. The zero-order chi connectivity index (χ0) is 10.0. The van der Waals surface area contributed by atoms with Crippen molar-refractivity contribution in [3.8, 4) is 0 Å². The average molecular weight is 181 g/mol. The second kappa shape index (κ2) is 3.92. The first-order valence-corrected chi connectivity index (χ1v) is 4.91. The van der Waals surface area contributed by atoms with Crippen LogP contribution in [-0.2, 0) is 6.54 Å². The van der Waals surface area contributed by atoms with Crippen LogP contribution in [0.1, 0.15) is 43.3 Å². The van der Waals surface area contributed by atoms with Crippen molar-refractivity contribution in [1.29, 1.82) is 0 Å². The molecule has 0 fully saturated rings. The highest BCUT2D eigenvalue weighted by atomic mass is 15.3. The summed E-state index contributed by atoms with van der Waals surface area (Å²) in [5.74, 6) is 0. The standard InChI is InChI=1S/C10H19N3/c1-5-9(11)10-7(3)12-13(6-2)8(10)4/h9H,5-6,11H2,1-4H3. The summed E-state index contributed by atoms with van der Waals surface area (Å²) in [4.78, 5) is 0. The molecule has 0 aliphatic rings. The van der Waals surface area contributed by atoms with Gasteiger partial charge in [0, 0.05) is 23.8 Å². The highest BCUT2D eigenvalue weighted by Gasteiger charge is 2.15. The number of aryl methyl sites for hydroxylation is 2. The Balaban J connectivity index is 3.12. The molecule has 1 aromatic rings. The molecule has 0 saturated heterocycles. The Kier molecular flexibility index (Phi) is 3.09. The normalized spacial score (nSPS) is 13.3. The van der Waals surface area contributed by atoms with Gasteiger partial charge in [-0.2, -0.15) is 5.10 Å². The predicted molar refractivity (Wildman–Crippen MR) is 54.6 cm³/mol. The second-order valence-corrected chi connectivity index (χ2v) is 3.41. The lowest BCUT2D eigenvalue weighted by Gasteiger charge is -2.09. The van der Waals surface area contributed by atoms with E-state index in [9.17, 15) is 0 Å². The van der Waals surface area contributed by atoms with Crippen LogP contribution in [0, 0.1) is 13.8 Å². The fourth-order valence-electron chi connectivity index (χ4n) is 1.76. The lowest BCUT2D eigenvalue weighted by Crippen LogP contribution is -2.11. The van der Waals surface area contributed by atoms with E-state index in [1.54, 1.807) is 0 Å². The van der Waals surface area contributed by atoms with E-state index in [0.717, 1.165) is 18.7 Å². The maximum atomic E-state index is 6.01. The Labute approximate surface area is 79.9 Å². The molecule has 1 rings (SSSR count). The van der Waals surface area contributed by atoms with Crippen LogP contribution in [0.2, 0.25) is 0 Å². The summed E-state index contributed by atoms with van der Waals surface area (Å²) < 4.78 is 2.01. The van der Waals surface area contributed by atoms with Crippen molar-refractivity contribution >= 4 is 0 Å². The molecular weight excluding hydrogens is 162 g/mol. The molecule has 0 aliphatic carbocycles. The van der Waals surface area contributed by atoms with E-state index in [-0.39, 0.29) is 6.04 Å². The van der Waals surface area contributed by atoms with E-state index in [4.69, 9.17) is 5.73 Å². The molecule has 3 nitrogen and oxygen atoms in total. The van der Waals surface area contributed by atoms with E-state index in [2.05, 4.69) is 25.9 Å². The van der Waals surface area contributed by atoms with E-state index in [1.807, 2.05) is 11.6 Å². The summed E-state index contributed by atoms with van der Waals surface area (Å²) in [6.07, 6.45) is 0.969. The van der Waals surface area contributed by atoms with Crippen LogP contribution in [0.3, 0.4) is 0 Å². The van der Waals surface area contributed by atoms with Crippen molar-refractivity contribution in [1.82, 2.24) is 9.78 Å². The molecule has 0 radical (unpaired) electrons. The van der Waals surface area contributed by atoms with E-state index in [1.165, 1.54) is 11.3 Å². The lowest BCUT2D eigenvalue weighted by atomic mass is 10.0. The van der Waals surface area contributed by atoms with Gasteiger partial charge in [0.05, 0.1) is 5.69 Å². The van der Waals surface area contributed by atoms with Crippen molar-refractivity contribution in [3.05, 3.63) is 17.0 Å². The van der Waals surface area contributed by atoms with Crippen LogP contribution in [0.15, 0.2) is 0 Å². The summed E-state index contributed by atoms with van der Waals surface area (Å²) in [5.41, 5.74) is 9.53. The Morgan fingerprint density at radius 3 is 2.38 bits per heavy atom. The van der Waals surface area contributed by atoms with Gasteiger partial charge in [-0.3, -0.25) is 4.68 Å². The smallest absolute Gasteiger partial charge is 0.0644 e. The van der Waals surface area contributed by atoms with E-state index in [0.29, 0.717) is 0 Å². The van der Waals surface area contributed by atoms with Crippen molar-refractivity contribution in [3.63, 3.8) is 0 Å². The number of hydrogen-bond donors (Lipinski definition) is 1. The van der Waals surface area contributed by atoms with Crippen LogP contribution in [0.25, 0.3) is 0 Å². The zero-order valence-electron chi connectivity index (χ0n) is 8.96. The average Bonchev–Trinajstić information content (AvgIpc) is 2.40. The molecule has 74 valence electrons. The van der Waals surface area contributed by atoms with Crippen LogP contribution in [-0.4, -0.2) is 9.78 Å². The Bertz CT molecular complexity index is 289. The second-order valence-electron chi connectivity index (χ2n) is 3.41. The number of nitrogens with zero attached hydrogens (tertiary/aromatic N) is 2. The highest BCUT2D eigenvalue weighted by Crippen LogP contribution is 2.21. The van der Waals surface area contributed by atoms with Gasteiger partial charge in [-0.05, 0) is 27.2 Å². The van der Waals surface area contributed by atoms with Gasteiger partial charge < -0.3 is 5.73 Å². The number of nitrogens with two attached hydrogens (primary N) is 1. The fourth-order valence-corrected chi connectivity index (χ4v) is 1.76. The minimum absolute atomic E-state index is 0.139. The van der Waals surface area contributed by atoms with Gasteiger partial charge >= 0.3 is 0 Å². The molecule has 0 spiro atoms. The quantitative estimate of drug-likeness (QED) is 0.774. The minimum Gasteiger partial charge on any atom is -0.324 e. The van der Waals surface area contributed by atoms with Gasteiger partial charge in [-0.25, -0.2) is 0 Å². The summed E-state index contributed by atoms with van der Waals surface area (Å²) in [5, 5.41) is 4.43. The first-order valence-electron chi connectivity index (χ1n) is 4.91. The van der Waals surface area contributed by atoms with Gasteiger partial charge in [0.25, 0.3) is 0 Å². The van der Waals surface area contributed by atoms with Crippen LogP contribution < -0.4 is 5.73 Å². The third-order valence-electron chi connectivity index (χ3n) is 2.55. The Morgan fingerprint density at radius 1 is 1.38 bits per heavy atom. The Hall–Kier alpha value is -0.830. The predicted octanol–water partition coefficient (Wildman–Crippen LogP) is 1.93. The van der Waals surface area contributed by atoms with Gasteiger partial charge in [0.1, 0.15) is 0 Å². The van der Waals surface area contributed by atoms with Crippen molar-refractivity contribution in [2.24, 2.45) is 5.73 Å². The van der Waals surface area contributed by atoms with Crippen LogP contribution >= 0.6 is 0 Å². The topological polar surface area (TPSA) is 43.8 Å². The lowest BCUT2D eigenvalue weighted by molar-refractivity contribution is 0.628. The van der Waals surface area contributed by atoms with Crippen molar-refractivity contribution in [2.45, 2.75) is 46.7 Å². The van der Waals surface area contributed by atoms with Crippen molar-refractivity contribution in [2.75, 3.05) is 0 Å². The first kappa shape index (κ1) is 10.3. The summed E-state index contributed by atoms with van der Waals surface area (Å²) in [7, 11) is 0. The maximum Gasteiger partial charge on any atom is 0.0644 e. The molecular formula is C10H19N3. The number of rotatable bonds is 3. The number of hydrogen-bond acceptors (Lipinski definition) is 2. The Morgan fingerprint density at radius 2 is 2.00 bits per heavy atom. The van der Waals surface area contributed by atoms with E-state index >= 15 is 0 Å². The highest BCUT2D eigenvalue weighted by molar-refractivity contribution is 5.27. The van der Waals surface area contributed by atoms with Gasteiger partial charge in [0.15, 0.2) is 0 Å². The molecule has 2 N–H and O–H groups in total. The molecule has 1 aromatic heterocycles. The third kappa shape index (κ3) is 1.75. The molecule has 0 saturated carbocycles. The molecule has 0 aromatic carbocycles. The van der Waals surface area contributed by atoms with E-state index < -0.39 is 0 Å². The molecule has 1 unspecified atom stereocenters. The SMILES string of the molecule is CCC(N)c1c(C)nn(CC)c1C. The van der Waals surface area contributed by atoms with Crippen LogP contribution in [0.5, 0.6) is 0 Å². The number of aromatic nitrogens is 2. The summed E-state index contributed by atoms with van der Waals surface area (Å²) in [6, 6.07) is 0.139. The molecule has 0 amide bonds. The van der Waals surface area contributed by atoms with Crippen LogP contribution in [0.4, 0.5) is 0 Å². The van der Waals surface area contributed by atoms with Crippen molar-refractivity contribution < 1.29 is 0 Å². The fraction of sp³-hybridized carbons (Fsp3) is 0.700. The maximum absolute atomic E-state index is 6.01. The molecule has 1 heterocycles. The van der Waals surface area contributed by atoms with Gasteiger partial charge in [0.2, 0.25) is 0 Å². The minimum atomic E-state index is 0.139. The molecule has 3 heteroatoms. The zero-order valence-corrected chi connectivity index (χ0v) is 8.96.